The Labute approximate surface area is 99.5 Å². The number of nitrogens with one attached hydrogen (secondary N) is 1. The highest BCUT2D eigenvalue weighted by Crippen LogP contribution is 2.37. The largest absolute Gasteiger partial charge is 0.497 e. The van der Waals surface area contributed by atoms with E-state index in [9.17, 15) is 0 Å². The summed E-state index contributed by atoms with van der Waals surface area (Å²) in [6, 6.07) is 3.66. The molecule has 2 aromatic rings. The lowest BCUT2D eigenvalue weighted by molar-refractivity contribution is 0.398. The van der Waals surface area contributed by atoms with Gasteiger partial charge in [0.15, 0.2) is 0 Å². The quantitative estimate of drug-likeness (QED) is 0.847. The standard InChI is InChI=1S/C12H15N3O2/c1-14-12-8(13)6-15-9-4-7(16-2)5-10(17-3)11(9)12/h4-6H,13H2,1-3H3,(H,14,15). The van der Waals surface area contributed by atoms with Gasteiger partial charge in [-0.05, 0) is 0 Å². The third-order valence-corrected chi connectivity index (χ3v) is 2.64. The molecule has 3 N–H and O–H groups in total. The monoisotopic (exact) mass is 233 g/mol. The van der Waals surface area contributed by atoms with E-state index in [0.717, 1.165) is 16.6 Å². The minimum absolute atomic E-state index is 0.587. The second-order valence-electron chi connectivity index (χ2n) is 3.56. The minimum atomic E-state index is 0.587. The van der Waals surface area contributed by atoms with Gasteiger partial charge in [-0.2, -0.15) is 0 Å². The van der Waals surface area contributed by atoms with Crippen molar-refractivity contribution in [3.8, 4) is 11.5 Å². The molecule has 0 aliphatic rings. The van der Waals surface area contributed by atoms with Crippen molar-refractivity contribution in [3.05, 3.63) is 18.3 Å². The number of pyridine rings is 1. The van der Waals surface area contributed by atoms with Gasteiger partial charge in [-0.3, -0.25) is 4.98 Å². The van der Waals surface area contributed by atoms with E-state index >= 15 is 0 Å². The van der Waals surface area contributed by atoms with Crippen LogP contribution in [0, 0.1) is 0 Å². The number of fused-ring (bicyclic) bond motifs is 1. The van der Waals surface area contributed by atoms with Crippen LogP contribution < -0.4 is 20.5 Å². The fourth-order valence-electron chi connectivity index (χ4n) is 1.83. The number of aromatic nitrogens is 1. The van der Waals surface area contributed by atoms with Gasteiger partial charge in [-0.1, -0.05) is 0 Å². The van der Waals surface area contributed by atoms with Crippen molar-refractivity contribution in [2.45, 2.75) is 0 Å². The van der Waals surface area contributed by atoms with Gasteiger partial charge in [0.1, 0.15) is 11.5 Å². The van der Waals surface area contributed by atoms with Gasteiger partial charge >= 0.3 is 0 Å². The molecule has 1 aromatic carbocycles. The lowest BCUT2D eigenvalue weighted by Crippen LogP contribution is -2.00. The molecule has 0 bridgehead atoms. The summed E-state index contributed by atoms with van der Waals surface area (Å²) >= 11 is 0. The molecule has 5 heteroatoms. The van der Waals surface area contributed by atoms with Gasteiger partial charge in [0.2, 0.25) is 0 Å². The number of nitrogens with two attached hydrogens (primary N) is 1. The normalized spacial score (nSPS) is 10.3. The fourth-order valence-corrected chi connectivity index (χ4v) is 1.83. The molecule has 0 saturated carbocycles. The van der Waals surface area contributed by atoms with E-state index in [1.807, 2.05) is 19.2 Å². The summed E-state index contributed by atoms with van der Waals surface area (Å²) in [4.78, 5) is 4.28. The second-order valence-corrected chi connectivity index (χ2v) is 3.56. The maximum Gasteiger partial charge on any atom is 0.134 e. The van der Waals surface area contributed by atoms with Gasteiger partial charge in [0.05, 0.1) is 42.7 Å². The molecule has 0 aliphatic heterocycles. The van der Waals surface area contributed by atoms with Crippen molar-refractivity contribution >= 4 is 22.3 Å². The molecule has 1 aromatic heterocycles. The van der Waals surface area contributed by atoms with Crippen LogP contribution in [0.1, 0.15) is 0 Å². The van der Waals surface area contributed by atoms with Crippen LogP contribution in [0.15, 0.2) is 18.3 Å². The van der Waals surface area contributed by atoms with E-state index < -0.39 is 0 Å². The van der Waals surface area contributed by atoms with Crippen molar-refractivity contribution in [1.82, 2.24) is 4.98 Å². The Hall–Kier alpha value is -2.17. The molecule has 0 aliphatic carbocycles. The van der Waals surface area contributed by atoms with Crippen molar-refractivity contribution in [2.75, 3.05) is 32.3 Å². The number of benzene rings is 1. The average Bonchev–Trinajstić information content (AvgIpc) is 2.37. The zero-order chi connectivity index (χ0) is 12.4. The zero-order valence-corrected chi connectivity index (χ0v) is 10.1. The van der Waals surface area contributed by atoms with E-state index in [4.69, 9.17) is 15.2 Å². The first-order valence-electron chi connectivity index (χ1n) is 5.19. The predicted octanol–water partition coefficient (Wildman–Crippen LogP) is 1.88. The third-order valence-electron chi connectivity index (χ3n) is 2.64. The highest BCUT2D eigenvalue weighted by atomic mass is 16.5. The first-order chi connectivity index (χ1) is 8.21. The van der Waals surface area contributed by atoms with E-state index in [0.29, 0.717) is 17.2 Å². The lowest BCUT2D eigenvalue weighted by Gasteiger charge is -2.13. The Morgan fingerprint density at radius 1 is 1.24 bits per heavy atom. The summed E-state index contributed by atoms with van der Waals surface area (Å²) in [6.45, 7) is 0. The molecule has 0 radical (unpaired) electrons. The Morgan fingerprint density at radius 2 is 2.00 bits per heavy atom. The van der Waals surface area contributed by atoms with E-state index in [-0.39, 0.29) is 0 Å². The van der Waals surface area contributed by atoms with E-state index in [1.54, 1.807) is 20.4 Å². The Kier molecular flexibility index (Phi) is 2.91. The van der Waals surface area contributed by atoms with Crippen molar-refractivity contribution in [1.29, 1.82) is 0 Å². The maximum atomic E-state index is 5.88. The lowest BCUT2D eigenvalue weighted by atomic mass is 10.1. The molecule has 90 valence electrons. The number of methoxy groups -OCH3 is 2. The molecule has 0 saturated heterocycles. The molecular formula is C12H15N3O2. The molecule has 0 amide bonds. The molecule has 5 nitrogen and oxygen atoms in total. The predicted molar refractivity (Wildman–Crippen MR) is 68.8 cm³/mol. The number of anilines is 2. The first kappa shape index (κ1) is 11.3. The van der Waals surface area contributed by atoms with Crippen molar-refractivity contribution < 1.29 is 9.47 Å². The maximum absolute atomic E-state index is 5.88. The minimum Gasteiger partial charge on any atom is -0.497 e. The smallest absolute Gasteiger partial charge is 0.134 e. The van der Waals surface area contributed by atoms with Crippen LogP contribution in [0.5, 0.6) is 11.5 Å². The Morgan fingerprint density at radius 3 is 2.59 bits per heavy atom. The van der Waals surface area contributed by atoms with Crippen LogP contribution in [0.25, 0.3) is 10.9 Å². The van der Waals surface area contributed by atoms with Crippen LogP contribution in [-0.4, -0.2) is 26.3 Å². The van der Waals surface area contributed by atoms with Crippen molar-refractivity contribution in [3.63, 3.8) is 0 Å². The average molecular weight is 233 g/mol. The number of rotatable bonds is 3. The van der Waals surface area contributed by atoms with Gasteiger partial charge in [-0.25, -0.2) is 0 Å². The molecular weight excluding hydrogens is 218 g/mol. The number of nitrogens with zero attached hydrogens (tertiary/aromatic N) is 1. The summed E-state index contributed by atoms with van der Waals surface area (Å²) in [5, 5.41) is 3.92. The van der Waals surface area contributed by atoms with Gasteiger partial charge < -0.3 is 20.5 Å². The Balaban J connectivity index is 2.84. The molecule has 0 unspecified atom stereocenters. The molecule has 1 heterocycles. The molecule has 0 atom stereocenters. The zero-order valence-electron chi connectivity index (χ0n) is 10.1. The first-order valence-corrected chi connectivity index (χ1v) is 5.19. The summed E-state index contributed by atoms with van der Waals surface area (Å²) in [7, 11) is 5.03. The van der Waals surface area contributed by atoms with Gasteiger partial charge in [-0.15, -0.1) is 0 Å². The van der Waals surface area contributed by atoms with Crippen LogP contribution >= 0.6 is 0 Å². The van der Waals surface area contributed by atoms with Gasteiger partial charge in [0.25, 0.3) is 0 Å². The fraction of sp³-hybridized carbons (Fsp3) is 0.250. The molecule has 2 rings (SSSR count). The molecule has 0 fully saturated rings. The van der Waals surface area contributed by atoms with Crippen LogP contribution in [0.4, 0.5) is 11.4 Å². The van der Waals surface area contributed by atoms with Crippen LogP contribution in [0.2, 0.25) is 0 Å². The topological polar surface area (TPSA) is 69.4 Å². The number of ether oxygens (including phenoxy) is 2. The number of hydrogen-bond acceptors (Lipinski definition) is 5. The van der Waals surface area contributed by atoms with Crippen LogP contribution in [0.3, 0.4) is 0 Å². The SMILES string of the molecule is CNc1c(N)cnc2cc(OC)cc(OC)c12. The molecule has 17 heavy (non-hydrogen) atoms. The van der Waals surface area contributed by atoms with Gasteiger partial charge in [0, 0.05) is 19.2 Å². The Bertz CT molecular complexity index is 555. The van der Waals surface area contributed by atoms with Crippen molar-refractivity contribution in [2.24, 2.45) is 0 Å². The summed E-state index contributed by atoms with van der Waals surface area (Å²) in [6.07, 6.45) is 1.62. The number of hydrogen-bond donors (Lipinski definition) is 2. The third kappa shape index (κ3) is 1.80. The highest BCUT2D eigenvalue weighted by molar-refractivity contribution is 6.01. The summed E-state index contributed by atoms with van der Waals surface area (Å²) in [5.41, 5.74) is 8.06. The van der Waals surface area contributed by atoms with Crippen LogP contribution in [-0.2, 0) is 0 Å². The second kappa shape index (κ2) is 4.37. The number of nitrogen functional groups attached to an aromatic ring is 1. The van der Waals surface area contributed by atoms with E-state index in [2.05, 4.69) is 10.3 Å². The molecule has 0 spiro atoms. The highest BCUT2D eigenvalue weighted by Gasteiger charge is 2.12. The summed E-state index contributed by atoms with van der Waals surface area (Å²) < 4.78 is 10.5. The van der Waals surface area contributed by atoms with E-state index in [1.165, 1.54) is 0 Å². The summed E-state index contributed by atoms with van der Waals surface area (Å²) in [5.74, 6) is 1.39.